The van der Waals surface area contributed by atoms with E-state index in [0.717, 1.165) is 85.0 Å². The monoisotopic (exact) mass is 1370 g/mol. The lowest BCUT2D eigenvalue weighted by Crippen LogP contribution is -2.61. The van der Waals surface area contributed by atoms with Crippen LogP contribution in [0.4, 0.5) is 68.2 Å². The summed E-state index contributed by atoms with van der Waals surface area (Å²) in [6, 6.07) is 90.4. The molecular formula is C98H110BN5. The molecule has 0 spiro atoms. The van der Waals surface area contributed by atoms with E-state index in [2.05, 4.69) is 421 Å². The van der Waals surface area contributed by atoms with Crippen molar-refractivity contribution in [2.24, 2.45) is 0 Å². The van der Waals surface area contributed by atoms with Crippen molar-refractivity contribution in [1.82, 2.24) is 4.57 Å². The van der Waals surface area contributed by atoms with Gasteiger partial charge in [0.25, 0.3) is 6.71 Å². The van der Waals surface area contributed by atoms with Crippen LogP contribution in [-0.4, -0.2) is 11.3 Å². The van der Waals surface area contributed by atoms with Crippen molar-refractivity contribution >= 4 is 113 Å². The van der Waals surface area contributed by atoms with Gasteiger partial charge in [0, 0.05) is 79.0 Å². The highest BCUT2D eigenvalue weighted by Crippen LogP contribution is 2.52. The molecule has 2 aliphatic heterocycles. The lowest BCUT2D eigenvalue weighted by atomic mass is 9.33. The van der Waals surface area contributed by atoms with E-state index in [1.54, 1.807) is 0 Å². The van der Waals surface area contributed by atoms with Gasteiger partial charge in [-0.1, -0.05) is 275 Å². The van der Waals surface area contributed by atoms with Crippen LogP contribution in [0.2, 0.25) is 0 Å². The maximum absolute atomic E-state index is 2.69. The van der Waals surface area contributed by atoms with Crippen LogP contribution in [-0.2, 0) is 43.3 Å². The molecule has 11 aromatic carbocycles. The minimum Gasteiger partial charge on any atom is -0.311 e. The standard InChI is InChI=1S/C98H110BN5/c1-91(2,3)63-33-41-71(42-34-63)100(72-43-35-64(36-44-72)92(4,5)6)75-49-51-82-86(59-75)103(77-55-67(95(13,14)15)53-68(56-77)96(16,17)18)88-61-79(102-84-31-27-25-29-80(84)81-30-26-28-32-85(81)102)62-89-90(88)99(82)83-52-50-76(60-87(83)104(89)78-57-69(97(19,20)21)54-70(58-78)98(22,23)24)101(73-45-37-65(38-46-73)93(7,8)9)74-47-39-66(40-48-74)94(10,11)12/h25-62H,1-24H3. The van der Waals surface area contributed by atoms with E-state index in [9.17, 15) is 0 Å². The number of aromatic nitrogens is 1. The molecule has 0 bridgehead atoms. The normalized spacial score (nSPS) is 13.7. The molecule has 0 radical (unpaired) electrons. The molecule has 0 aliphatic carbocycles. The SMILES string of the molecule is CC(C)(C)c1ccc(N(c2ccc(C(C)(C)C)cc2)c2ccc3c(c2)N(c2cc(C(C)(C)C)cc(C(C)(C)C)c2)c2cc(-n4c5ccccc5c5ccccc54)cc4c2B3c2ccc(N(c3ccc(C(C)(C)C)cc3)c3ccc(C(C)(C)C)cc3)cc2N4c2cc(C(C)(C)C)cc(C(C)(C)C)c2)cc1. The predicted molar refractivity (Wildman–Crippen MR) is 454 cm³/mol. The van der Waals surface area contributed by atoms with Crippen LogP contribution < -0.4 is 36.0 Å². The second-order valence-electron chi connectivity index (χ2n) is 38.3. The first-order chi connectivity index (χ1) is 48.6. The molecule has 12 aromatic rings. The minimum atomic E-state index is -0.218. The molecule has 104 heavy (non-hydrogen) atoms. The molecule has 0 amide bonds. The molecular weight excluding hydrogens is 1260 g/mol. The Morgan fingerprint density at radius 1 is 0.231 bits per heavy atom. The largest absolute Gasteiger partial charge is 0.311 e. The van der Waals surface area contributed by atoms with Crippen molar-refractivity contribution < 1.29 is 0 Å². The summed E-state index contributed by atoms with van der Waals surface area (Å²) >= 11 is 0. The van der Waals surface area contributed by atoms with Crippen molar-refractivity contribution in [1.29, 1.82) is 0 Å². The van der Waals surface area contributed by atoms with Crippen molar-refractivity contribution in [3.63, 3.8) is 0 Å². The molecule has 14 rings (SSSR count). The molecule has 2 aliphatic rings. The second-order valence-corrected chi connectivity index (χ2v) is 38.3. The fourth-order valence-electron chi connectivity index (χ4n) is 15.7. The molecule has 0 N–H and O–H groups in total. The highest BCUT2D eigenvalue weighted by molar-refractivity contribution is 7.00. The summed E-state index contributed by atoms with van der Waals surface area (Å²) in [4.78, 5) is 10.4. The van der Waals surface area contributed by atoms with Gasteiger partial charge in [0.05, 0.1) is 16.7 Å². The second kappa shape index (κ2) is 25.1. The highest BCUT2D eigenvalue weighted by atomic mass is 15.2. The van der Waals surface area contributed by atoms with Gasteiger partial charge >= 0.3 is 0 Å². The Morgan fingerprint density at radius 3 is 0.760 bits per heavy atom. The zero-order chi connectivity index (χ0) is 74.5. The van der Waals surface area contributed by atoms with Crippen LogP contribution in [0, 0.1) is 0 Å². The average Bonchev–Trinajstić information content (AvgIpc) is 1.14. The number of benzene rings is 11. The summed E-state index contributed by atoms with van der Waals surface area (Å²) in [5.41, 5.74) is 30.2. The van der Waals surface area contributed by atoms with E-state index in [1.807, 2.05) is 0 Å². The van der Waals surface area contributed by atoms with Crippen LogP contribution >= 0.6 is 0 Å². The van der Waals surface area contributed by atoms with Gasteiger partial charge in [-0.15, -0.1) is 0 Å². The molecule has 530 valence electrons. The quantitative estimate of drug-likeness (QED) is 0.134. The lowest BCUT2D eigenvalue weighted by molar-refractivity contribution is 0.568. The fourth-order valence-corrected chi connectivity index (χ4v) is 15.7. The van der Waals surface area contributed by atoms with Gasteiger partial charge in [-0.2, -0.15) is 0 Å². The first-order valence-electron chi connectivity index (χ1n) is 38.0. The third-order valence-electron chi connectivity index (χ3n) is 22.2. The first kappa shape index (κ1) is 71.5. The molecule has 1 aromatic heterocycles. The summed E-state index contributed by atoms with van der Waals surface area (Å²) in [6.07, 6.45) is 0. The lowest BCUT2D eigenvalue weighted by Gasteiger charge is -2.45. The van der Waals surface area contributed by atoms with E-state index in [0.29, 0.717) is 0 Å². The number of hydrogen-bond acceptors (Lipinski definition) is 4. The maximum Gasteiger partial charge on any atom is 0.252 e. The Hall–Kier alpha value is -9.52. The third-order valence-corrected chi connectivity index (χ3v) is 22.2. The number of anilines is 12. The number of nitrogens with zero attached hydrogens (tertiary/aromatic N) is 5. The van der Waals surface area contributed by atoms with Gasteiger partial charge in [0.15, 0.2) is 0 Å². The minimum absolute atomic E-state index is 0.0214. The topological polar surface area (TPSA) is 17.9 Å². The molecule has 5 nitrogen and oxygen atoms in total. The van der Waals surface area contributed by atoms with E-state index >= 15 is 0 Å². The van der Waals surface area contributed by atoms with Gasteiger partial charge < -0.3 is 24.2 Å². The summed E-state index contributed by atoms with van der Waals surface area (Å²) < 4.78 is 2.55. The molecule has 0 saturated heterocycles. The number of para-hydroxylation sites is 2. The Kier molecular flexibility index (Phi) is 17.3. The fraction of sp³-hybridized carbons (Fsp3) is 0.327. The van der Waals surface area contributed by atoms with Crippen molar-refractivity contribution in [2.75, 3.05) is 19.6 Å². The van der Waals surface area contributed by atoms with Crippen LogP contribution in [0.3, 0.4) is 0 Å². The Balaban J connectivity index is 1.15. The summed E-state index contributed by atoms with van der Waals surface area (Å²) in [5.74, 6) is 0. The molecule has 0 atom stereocenters. The van der Waals surface area contributed by atoms with Crippen LogP contribution in [0.5, 0.6) is 0 Å². The summed E-state index contributed by atoms with van der Waals surface area (Å²) in [7, 11) is 0. The summed E-state index contributed by atoms with van der Waals surface area (Å²) in [5, 5.41) is 2.45. The van der Waals surface area contributed by atoms with Crippen LogP contribution in [0.15, 0.2) is 231 Å². The first-order valence-corrected chi connectivity index (χ1v) is 38.0. The number of fused-ring (bicyclic) bond motifs is 7. The highest BCUT2D eigenvalue weighted by Gasteiger charge is 2.46. The smallest absolute Gasteiger partial charge is 0.252 e. The summed E-state index contributed by atoms with van der Waals surface area (Å²) in [6.45, 7) is 56.0. The van der Waals surface area contributed by atoms with Gasteiger partial charge in [0.2, 0.25) is 0 Å². The molecule has 3 heterocycles. The van der Waals surface area contributed by atoms with E-state index < -0.39 is 0 Å². The number of rotatable bonds is 9. The van der Waals surface area contributed by atoms with Crippen molar-refractivity contribution in [3.8, 4) is 5.69 Å². The Labute approximate surface area is 623 Å². The zero-order valence-corrected chi connectivity index (χ0v) is 66.8. The van der Waals surface area contributed by atoms with Crippen LogP contribution in [0.25, 0.3) is 27.5 Å². The Morgan fingerprint density at radius 2 is 0.490 bits per heavy atom. The van der Waals surface area contributed by atoms with E-state index in [4.69, 9.17) is 0 Å². The third kappa shape index (κ3) is 13.2. The zero-order valence-electron chi connectivity index (χ0n) is 66.8. The van der Waals surface area contributed by atoms with Gasteiger partial charge in [-0.25, -0.2) is 0 Å². The van der Waals surface area contributed by atoms with E-state index in [1.165, 1.54) is 71.7 Å². The predicted octanol–water partition coefficient (Wildman–Crippen LogP) is 26.2. The molecule has 6 heteroatoms. The average molecular weight is 1370 g/mol. The molecule has 0 saturated carbocycles. The molecule has 0 fully saturated rings. The van der Waals surface area contributed by atoms with Crippen molar-refractivity contribution in [3.05, 3.63) is 275 Å². The Bertz CT molecular complexity index is 4760. The van der Waals surface area contributed by atoms with Crippen molar-refractivity contribution in [2.45, 2.75) is 209 Å². The van der Waals surface area contributed by atoms with Gasteiger partial charge in [0.1, 0.15) is 0 Å². The van der Waals surface area contributed by atoms with E-state index in [-0.39, 0.29) is 50.0 Å². The molecule has 0 unspecified atom stereocenters. The van der Waals surface area contributed by atoms with Gasteiger partial charge in [-0.3, -0.25) is 0 Å². The van der Waals surface area contributed by atoms with Gasteiger partial charge in [-0.05, 0) is 226 Å². The van der Waals surface area contributed by atoms with Crippen LogP contribution in [0.1, 0.15) is 211 Å². The number of hydrogen-bond donors (Lipinski definition) is 0. The maximum atomic E-state index is 2.69.